The Kier molecular flexibility index (Phi) is 2.66. The van der Waals surface area contributed by atoms with Crippen LogP contribution in [0.2, 0.25) is 14.8 Å². The fourth-order valence-electron chi connectivity index (χ4n) is 1.02. The number of nitrogens with zero attached hydrogens (tertiary/aromatic N) is 1. The molecule has 0 aliphatic rings. The molecule has 1 aromatic heterocycles. The maximum atomic E-state index is 11.3. The normalized spacial score (nSPS) is 11.7. The van der Waals surface area contributed by atoms with Gasteiger partial charge < -0.3 is 0 Å². The van der Waals surface area contributed by atoms with Gasteiger partial charge in [0.1, 0.15) is 0 Å². The van der Waals surface area contributed by atoms with E-state index in [1.165, 1.54) is 3.58 Å². The Hall–Kier alpha value is -0.251. The zero-order chi connectivity index (χ0) is 9.35. The molecular formula is C9H15NOSn. The summed E-state index contributed by atoms with van der Waals surface area (Å²) in [7, 11) is 1.78. The van der Waals surface area contributed by atoms with Gasteiger partial charge in [-0.2, -0.15) is 0 Å². The fraction of sp³-hybridized carbons (Fsp3) is 0.444. The second-order valence-corrected chi connectivity index (χ2v) is 18.6. The van der Waals surface area contributed by atoms with Gasteiger partial charge in [0.2, 0.25) is 0 Å². The molecule has 0 saturated carbocycles. The van der Waals surface area contributed by atoms with E-state index in [4.69, 9.17) is 0 Å². The number of pyridine rings is 1. The quantitative estimate of drug-likeness (QED) is 0.697. The average Bonchev–Trinajstić information content (AvgIpc) is 1.92. The van der Waals surface area contributed by atoms with Gasteiger partial charge in [0.05, 0.1) is 0 Å². The molecule has 0 atom stereocenters. The van der Waals surface area contributed by atoms with Crippen molar-refractivity contribution < 1.29 is 0 Å². The predicted molar refractivity (Wildman–Crippen MR) is 54.7 cm³/mol. The van der Waals surface area contributed by atoms with Crippen LogP contribution in [0.15, 0.2) is 23.1 Å². The third kappa shape index (κ3) is 2.12. The summed E-state index contributed by atoms with van der Waals surface area (Å²) in [6.45, 7) is 0. The van der Waals surface area contributed by atoms with Gasteiger partial charge in [-0.05, 0) is 0 Å². The van der Waals surface area contributed by atoms with E-state index < -0.39 is 18.4 Å². The summed E-state index contributed by atoms with van der Waals surface area (Å²) in [5.74, 6) is 0. The van der Waals surface area contributed by atoms with Gasteiger partial charge in [-0.1, -0.05) is 0 Å². The fourth-order valence-corrected chi connectivity index (χ4v) is 4.24. The first-order valence-electron chi connectivity index (χ1n) is 4.08. The molecule has 0 bridgehead atoms. The molecule has 0 amide bonds. The molecule has 3 heteroatoms. The van der Waals surface area contributed by atoms with Crippen LogP contribution < -0.4 is 9.14 Å². The van der Waals surface area contributed by atoms with Gasteiger partial charge >= 0.3 is 77.1 Å². The second kappa shape index (κ2) is 3.24. The van der Waals surface area contributed by atoms with Crippen LogP contribution >= 0.6 is 0 Å². The van der Waals surface area contributed by atoms with Crippen molar-refractivity contribution in [3.05, 3.63) is 28.7 Å². The minimum absolute atomic E-state index is 0.110. The van der Waals surface area contributed by atoms with Crippen molar-refractivity contribution >= 4 is 22.0 Å². The molecule has 0 unspecified atom stereocenters. The van der Waals surface area contributed by atoms with Gasteiger partial charge in [-0.25, -0.2) is 0 Å². The number of hydrogen-bond donors (Lipinski definition) is 0. The molecule has 0 fully saturated rings. The van der Waals surface area contributed by atoms with Crippen molar-refractivity contribution in [3.63, 3.8) is 0 Å². The maximum absolute atomic E-state index is 11.3. The van der Waals surface area contributed by atoms with Crippen LogP contribution in [0.5, 0.6) is 0 Å². The predicted octanol–water partition coefficient (Wildman–Crippen LogP) is 0.930. The summed E-state index contributed by atoms with van der Waals surface area (Å²) in [5, 5.41) is 0. The number of aromatic nitrogens is 1. The van der Waals surface area contributed by atoms with Crippen molar-refractivity contribution in [1.82, 2.24) is 4.57 Å². The molecule has 12 heavy (non-hydrogen) atoms. The standard InChI is InChI=1S/C6H6NO.3CH3.Sn/c1-7-5-3-2-4-6(7)8;;;;/h3-5H,1H3;3*1H3;. The van der Waals surface area contributed by atoms with Crippen LogP contribution in [-0.2, 0) is 7.05 Å². The topological polar surface area (TPSA) is 22.0 Å². The third-order valence-electron chi connectivity index (χ3n) is 1.97. The Labute approximate surface area is 77.1 Å². The van der Waals surface area contributed by atoms with E-state index in [0.29, 0.717) is 0 Å². The SMILES string of the molecule is Cn1cc[c]([Sn]([CH3])([CH3])[CH3])cc1=O. The molecule has 0 aliphatic carbocycles. The Bertz CT molecular complexity index is 335. The van der Waals surface area contributed by atoms with E-state index in [9.17, 15) is 4.79 Å². The van der Waals surface area contributed by atoms with Gasteiger partial charge in [0.15, 0.2) is 0 Å². The zero-order valence-electron chi connectivity index (χ0n) is 8.09. The van der Waals surface area contributed by atoms with Crippen LogP contribution in [-0.4, -0.2) is 22.9 Å². The van der Waals surface area contributed by atoms with E-state index in [1.807, 2.05) is 6.20 Å². The molecule has 0 aliphatic heterocycles. The van der Waals surface area contributed by atoms with Crippen LogP contribution in [0.1, 0.15) is 0 Å². The van der Waals surface area contributed by atoms with E-state index in [1.54, 1.807) is 17.7 Å². The summed E-state index contributed by atoms with van der Waals surface area (Å²) in [5.41, 5.74) is 0.110. The van der Waals surface area contributed by atoms with E-state index >= 15 is 0 Å². The molecule has 1 aromatic rings. The van der Waals surface area contributed by atoms with Crippen LogP contribution in [0.3, 0.4) is 0 Å². The van der Waals surface area contributed by atoms with Crippen LogP contribution in [0.25, 0.3) is 0 Å². The monoisotopic (exact) mass is 273 g/mol. The van der Waals surface area contributed by atoms with Crippen molar-refractivity contribution in [2.24, 2.45) is 7.05 Å². The van der Waals surface area contributed by atoms with Crippen LogP contribution in [0.4, 0.5) is 0 Å². The Morgan fingerprint density at radius 1 is 1.33 bits per heavy atom. The van der Waals surface area contributed by atoms with Crippen molar-refractivity contribution in [2.75, 3.05) is 0 Å². The number of aryl methyl sites for hydroxylation is 1. The van der Waals surface area contributed by atoms with Gasteiger partial charge in [0, 0.05) is 0 Å². The first kappa shape index (κ1) is 9.83. The molecule has 2 nitrogen and oxygen atoms in total. The molecular weight excluding hydrogens is 257 g/mol. The van der Waals surface area contributed by atoms with Crippen LogP contribution in [0, 0.1) is 0 Å². The van der Waals surface area contributed by atoms with Gasteiger partial charge in [-0.3, -0.25) is 0 Å². The van der Waals surface area contributed by atoms with E-state index in [2.05, 4.69) is 20.9 Å². The van der Waals surface area contributed by atoms with E-state index in [0.717, 1.165) is 0 Å². The Morgan fingerprint density at radius 3 is 2.33 bits per heavy atom. The number of rotatable bonds is 1. The average molecular weight is 272 g/mol. The van der Waals surface area contributed by atoms with Gasteiger partial charge in [0.25, 0.3) is 0 Å². The molecule has 66 valence electrons. The summed E-state index contributed by atoms with van der Waals surface area (Å²) < 4.78 is 2.91. The van der Waals surface area contributed by atoms with Crippen molar-refractivity contribution in [3.8, 4) is 0 Å². The summed E-state index contributed by atoms with van der Waals surface area (Å²) in [6.07, 6.45) is 1.86. The molecule has 1 rings (SSSR count). The molecule has 0 N–H and O–H groups in total. The molecule has 0 radical (unpaired) electrons. The second-order valence-electron chi connectivity index (χ2n) is 4.11. The van der Waals surface area contributed by atoms with Crippen molar-refractivity contribution in [1.29, 1.82) is 0 Å². The minimum atomic E-state index is -2.00. The first-order valence-corrected chi connectivity index (χ1v) is 14.1. The molecule has 1 heterocycles. The molecule has 0 saturated heterocycles. The third-order valence-corrected chi connectivity index (χ3v) is 7.80. The summed E-state index contributed by atoms with van der Waals surface area (Å²) in [4.78, 5) is 18.2. The van der Waals surface area contributed by atoms with Crippen molar-refractivity contribution in [2.45, 2.75) is 14.8 Å². The van der Waals surface area contributed by atoms with E-state index in [-0.39, 0.29) is 5.56 Å². The molecule has 0 spiro atoms. The first-order chi connectivity index (χ1) is 5.41. The summed E-state index contributed by atoms with van der Waals surface area (Å²) in [6, 6.07) is 3.87. The molecule has 0 aromatic carbocycles. The Morgan fingerprint density at radius 2 is 1.92 bits per heavy atom. The number of hydrogen-bond acceptors (Lipinski definition) is 1. The Balaban J connectivity index is 3.23. The zero-order valence-corrected chi connectivity index (χ0v) is 10.9. The summed E-state index contributed by atoms with van der Waals surface area (Å²) >= 11 is -2.00. The van der Waals surface area contributed by atoms with Gasteiger partial charge in [-0.15, -0.1) is 0 Å².